The molecule has 0 saturated carbocycles. The zero-order valence-electron chi connectivity index (χ0n) is 12.2. The Morgan fingerprint density at radius 2 is 2.10 bits per heavy atom. The third kappa shape index (κ3) is 3.30. The van der Waals surface area contributed by atoms with Gasteiger partial charge in [-0.25, -0.2) is 4.98 Å². The van der Waals surface area contributed by atoms with Gasteiger partial charge in [-0.1, -0.05) is 0 Å². The highest BCUT2D eigenvalue weighted by atomic mass is 35.5. The van der Waals surface area contributed by atoms with Crippen LogP contribution in [-0.4, -0.2) is 52.7 Å². The number of aromatic nitrogens is 2. The van der Waals surface area contributed by atoms with Crippen molar-refractivity contribution in [2.75, 3.05) is 38.2 Å². The second-order valence-electron chi connectivity index (χ2n) is 5.12. The number of thioether (sulfide) groups is 1. The van der Waals surface area contributed by atoms with Gasteiger partial charge in [0.15, 0.2) is 0 Å². The van der Waals surface area contributed by atoms with Gasteiger partial charge in [-0.15, -0.1) is 11.6 Å². The van der Waals surface area contributed by atoms with Crippen LogP contribution in [0, 0.1) is 0 Å². The fraction of sp³-hybridized carbons (Fsp3) is 0.533. The lowest BCUT2D eigenvalue weighted by Gasteiger charge is -2.26. The molecule has 1 aromatic carbocycles. The number of imidazole rings is 1. The quantitative estimate of drug-likeness (QED) is 0.791. The van der Waals surface area contributed by atoms with E-state index in [1.807, 2.05) is 23.9 Å². The molecule has 6 heteroatoms. The van der Waals surface area contributed by atoms with Crippen molar-refractivity contribution in [3.63, 3.8) is 0 Å². The SMILES string of the molecule is COc1ccc2c(c1)nc(CCl)n2CCN1CCSCC1. The number of alkyl halides is 1. The third-order valence-electron chi connectivity index (χ3n) is 3.90. The second kappa shape index (κ2) is 6.90. The van der Waals surface area contributed by atoms with Gasteiger partial charge >= 0.3 is 0 Å². The molecular formula is C15H20ClN3OS. The molecule has 21 heavy (non-hydrogen) atoms. The van der Waals surface area contributed by atoms with Gasteiger partial charge in [0.2, 0.25) is 0 Å². The molecule has 3 rings (SSSR count). The van der Waals surface area contributed by atoms with Crippen LogP contribution in [0.4, 0.5) is 0 Å². The minimum atomic E-state index is 0.437. The van der Waals surface area contributed by atoms with Gasteiger partial charge in [0.05, 0.1) is 24.0 Å². The molecule has 1 saturated heterocycles. The lowest BCUT2D eigenvalue weighted by molar-refractivity contribution is 0.290. The van der Waals surface area contributed by atoms with E-state index < -0.39 is 0 Å². The molecular weight excluding hydrogens is 306 g/mol. The number of fused-ring (bicyclic) bond motifs is 1. The van der Waals surface area contributed by atoms with Crippen molar-refractivity contribution in [2.24, 2.45) is 0 Å². The molecule has 0 unspecified atom stereocenters. The fourth-order valence-electron chi connectivity index (χ4n) is 2.70. The zero-order valence-corrected chi connectivity index (χ0v) is 13.8. The van der Waals surface area contributed by atoms with Gasteiger partial charge in [0.25, 0.3) is 0 Å². The van der Waals surface area contributed by atoms with E-state index in [0.717, 1.165) is 35.7 Å². The highest BCUT2D eigenvalue weighted by Crippen LogP contribution is 2.23. The Morgan fingerprint density at radius 1 is 1.29 bits per heavy atom. The summed E-state index contributed by atoms with van der Waals surface area (Å²) >= 11 is 8.11. The number of ether oxygens (including phenoxy) is 1. The van der Waals surface area contributed by atoms with Crippen LogP contribution in [-0.2, 0) is 12.4 Å². The van der Waals surface area contributed by atoms with Gasteiger partial charge in [0.1, 0.15) is 11.6 Å². The van der Waals surface area contributed by atoms with Gasteiger partial charge in [-0.05, 0) is 12.1 Å². The summed E-state index contributed by atoms with van der Waals surface area (Å²) in [5, 5.41) is 0. The van der Waals surface area contributed by atoms with E-state index >= 15 is 0 Å². The van der Waals surface area contributed by atoms with Crippen LogP contribution in [0.25, 0.3) is 11.0 Å². The number of halogens is 1. The summed E-state index contributed by atoms with van der Waals surface area (Å²) in [5.41, 5.74) is 2.09. The van der Waals surface area contributed by atoms with Crippen molar-refractivity contribution in [1.29, 1.82) is 0 Å². The summed E-state index contributed by atoms with van der Waals surface area (Å²) in [5.74, 6) is 4.69. The first kappa shape index (κ1) is 15.0. The summed E-state index contributed by atoms with van der Waals surface area (Å²) in [6.07, 6.45) is 0. The molecule has 0 radical (unpaired) electrons. The van der Waals surface area contributed by atoms with Crippen LogP contribution in [0.5, 0.6) is 5.75 Å². The number of nitrogens with zero attached hydrogens (tertiary/aromatic N) is 3. The molecule has 2 heterocycles. The van der Waals surface area contributed by atoms with Gasteiger partial charge in [0, 0.05) is 43.8 Å². The first-order valence-corrected chi connectivity index (χ1v) is 8.90. The third-order valence-corrected chi connectivity index (χ3v) is 5.08. The predicted octanol–water partition coefficient (Wildman–Crippen LogP) is 2.83. The standard InChI is InChI=1S/C15H20ClN3OS/c1-20-12-2-3-14-13(10-12)17-15(11-16)19(14)5-4-18-6-8-21-9-7-18/h2-3,10H,4-9,11H2,1H3. The molecule has 0 bridgehead atoms. The number of rotatable bonds is 5. The molecule has 0 amide bonds. The number of methoxy groups -OCH3 is 1. The Labute approximate surface area is 134 Å². The van der Waals surface area contributed by atoms with Crippen LogP contribution in [0.1, 0.15) is 5.82 Å². The first-order valence-electron chi connectivity index (χ1n) is 7.21. The lowest BCUT2D eigenvalue weighted by Crippen LogP contribution is -2.35. The van der Waals surface area contributed by atoms with E-state index in [-0.39, 0.29) is 0 Å². The highest BCUT2D eigenvalue weighted by Gasteiger charge is 2.14. The molecule has 4 nitrogen and oxygen atoms in total. The summed E-state index contributed by atoms with van der Waals surface area (Å²) < 4.78 is 7.51. The van der Waals surface area contributed by atoms with Crippen LogP contribution in [0.3, 0.4) is 0 Å². The predicted molar refractivity (Wildman–Crippen MR) is 89.6 cm³/mol. The first-order chi connectivity index (χ1) is 10.3. The summed E-state index contributed by atoms with van der Waals surface area (Å²) in [7, 11) is 1.68. The van der Waals surface area contributed by atoms with Crippen molar-refractivity contribution in [2.45, 2.75) is 12.4 Å². The number of benzene rings is 1. The second-order valence-corrected chi connectivity index (χ2v) is 6.61. The van der Waals surface area contributed by atoms with Crippen molar-refractivity contribution in [1.82, 2.24) is 14.5 Å². The largest absolute Gasteiger partial charge is 0.497 e. The van der Waals surface area contributed by atoms with Gasteiger partial charge in [-0.3, -0.25) is 4.90 Å². The molecule has 0 atom stereocenters. The van der Waals surface area contributed by atoms with E-state index in [1.54, 1.807) is 7.11 Å². The van der Waals surface area contributed by atoms with Crippen molar-refractivity contribution >= 4 is 34.4 Å². The van der Waals surface area contributed by atoms with Crippen LogP contribution < -0.4 is 4.74 Å². The maximum Gasteiger partial charge on any atom is 0.124 e. The highest BCUT2D eigenvalue weighted by molar-refractivity contribution is 7.99. The Morgan fingerprint density at radius 3 is 2.81 bits per heavy atom. The van der Waals surface area contributed by atoms with Crippen LogP contribution in [0.2, 0.25) is 0 Å². The Balaban J connectivity index is 1.82. The molecule has 0 aliphatic carbocycles. The maximum absolute atomic E-state index is 6.07. The van der Waals surface area contributed by atoms with Gasteiger partial charge in [-0.2, -0.15) is 11.8 Å². The van der Waals surface area contributed by atoms with E-state index in [1.165, 1.54) is 24.6 Å². The minimum absolute atomic E-state index is 0.437. The smallest absolute Gasteiger partial charge is 0.124 e. The maximum atomic E-state index is 6.07. The molecule has 1 fully saturated rings. The normalized spacial score (nSPS) is 16.5. The van der Waals surface area contributed by atoms with Crippen molar-refractivity contribution < 1.29 is 4.74 Å². The number of hydrogen-bond acceptors (Lipinski definition) is 4. The molecule has 1 aliphatic heterocycles. The van der Waals surface area contributed by atoms with E-state index in [4.69, 9.17) is 16.3 Å². The Bertz CT molecular complexity index is 610. The zero-order chi connectivity index (χ0) is 14.7. The lowest BCUT2D eigenvalue weighted by atomic mass is 10.3. The van der Waals surface area contributed by atoms with Crippen LogP contribution >= 0.6 is 23.4 Å². The number of hydrogen-bond donors (Lipinski definition) is 0. The van der Waals surface area contributed by atoms with Crippen LogP contribution in [0.15, 0.2) is 18.2 Å². The molecule has 0 N–H and O–H groups in total. The molecule has 114 valence electrons. The average molecular weight is 326 g/mol. The molecule has 1 aromatic heterocycles. The molecule has 1 aliphatic rings. The summed E-state index contributed by atoms with van der Waals surface area (Å²) in [6, 6.07) is 6.03. The monoisotopic (exact) mass is 325 g/mol. The average Bonchev–Trinajstić information content (AvgIpc) is 2.90. The minimum Gasteiger partial charge on any atom is -0.497 e. The molecule has 2 aromatic rings. The summed E-state index contributed by atoms with van der Waals surface area (Å²) in [4.78, 5) is 7.15. The topological polar surface area (TPSA) is 30.3 Å². The van der Waals surface area contributed by atoms with E-state index in [9.17, 15) is 0 Å². The molecule has 0 spiro atoms. The summed E-state index contributed by atoms with van der Waals surface area (Å²) in [6.45, 7) is 4.36. The Kier molecular flexibility index (Phi) is 4.93. The van der Waals surface area contributed by atoms with Crippen molar-refractivity contribution in [3.8, 4) is 5.75 Å². The van der Waals surface area contributed by atoms with E-state index in [0.29, 0.717) is 5.88 Å². The van der Waals surface area contributed by atoms with Crippen molar-refractivity contribution in [3.05, 3.63) is 24.0 Å². The fourth-order valence-corrected chi connectivity index (χ4v) is 3.89. The van der Waals surface area contributed by atoms with E-state index in [2.05, 4.69) is 20.5 Å². The Hall–Kier alpha value is -0.910. The van der Waals surface area contributed by atoms with Gasteiger partial charge < -0.3 is 9.30 Å².